The Morgan fingerprint density at radius 3 is 2.62 bits per heavy atom. The van der Waals surface area contributed by atoms with Gasteiger partial charge in [0.05, 0.1) is 13.0 Å². The highest BCUT2D eigenvalue weighted by Crippen LogP contribution is 2.24. The fraction of sp³-hybridized carbons (Fsp3) is 0.346. The third-order valence-electron chi connectivity index (χ3n) is 6.22. The average Bonchev–Trinajstić information content (AvgIpc) is 3.29. The molecule has 1 aromatic heterocycles. The van der Waals surface area contributed by atoms with Gasteiger partial charge < -0.3 is 15.4 Å². The van der Waals surface area contributed by atoms with Crippen molar-refractivity contribution in [1.29, 1.82) is 0 Å². The lowest BCUT2D eigenvalue weighted by Gasteiger charge is -2.25. The molecule has 1 heterocycles. The van der Waals surface area contributed by atoms with Crippen LogP contribution in [0.25, 0.3) is 0 Å². The number of nitrogens with one attached hydrogen (secondary N) is 1. The summed E-state index contributed by atoms with van der Waals surface area (Å²) in [5, 5.41) is 0. The van der Waals surface area contributed by atoms with Crippen LogP contribution in [0.2, 0.25) is 0 Å². The summed E-state index contributed by atoms with van der Waals surface area (Å²) in [5.74, 6) is -0.284. The molecule has 3 N–H and O–H groups in total. The molecular weight excluding hydrogens is 432 g/mol. The number of aromatic amines is 1. The summed E-state index contributed by atoms with van der Waals surface area (Å²) in [6.07, 6.45) is 3.87. The van der Waals surface area contributed by atoms with E-state index in [0.29, 0.717) is 13.0 Å². The molecule has 3 aromatic rings. The van der Waals surface area contributed by atoms with Crippen LogP contribution in [-0.4, -0.2) is 35.7 Å². The van der Waals surface area contributed by atoms with Crippen molar-refractivity contribution in [2.75, 3.05) is 30.9 Å². The Morgan fingerprint density at radius 1 is 1.09 bits per heavy atom. The van der Waals surface area contributed by atoms with E-state index in [1.54, 1.807) is 7.11 Å². The minimum Gasteiger partial charge on any atom is -0.385 e. The largest absolute Gasteiger partial charge is 0.385 e. The van der Waals surface area contributed by atoms with E-state index in [2.05, 4.69) is 17.1 Å². The van der Waals surface area contributed by atoms with Crippen LogP contribution in [0.1, 0.15) is 35.1 Å². The third kappa shape index (κ3) is 5.12. The Balaban J connectivity index is 1.68. The minimum absolute atomic E-state index is 0.00204. The lowest BCUT2D eigenvalue weighted by Crippen LogP contribution is -2.42. The van der Waals surface area contributed by atoms with Crippen molar-refractivity contribution in [2.24, 2.45) is 0 Å². The second-order valence-electron chi connectivity index (χ2n) is 8.59. The first-order valence-electron chi connectivity index (χ1n) is 11.5. The van der Waals surface area contributed by atoms with Gasteiger partial charge in [0.15, 0.2) is 5.69 Å². The lowest BCUT2D eigenvalue weighted by atomic mass is 10.0. The van der Waals surface area contributed by atoms with E-state index in [9.17, 15) is 14.4 Å². The normalized spacial score (nSPS) is 12.5. The van der Waals surface area contributed by atoms with Gasteiger partial charge >= 0.3 is 5.69 Å². The Kier molecular flexibility index (Phi) is 7.27. The molecule has 0 radical (unpaired) electrons. The summed E-state index contributed by atoms with van der Waals surface area (Å²) >= 11 is 0. The van der Waals surface area contributed by atoms with Crippen LogP contribution >= 0.6 is 0 Å². The summed E-state index contributed by atoms with van der Waals surface area (Å²) in [6.45, 7) is 0.846. The van der Waals surface area contributed by atoms with Crippen molar-refractivity contribution < 1.29 is 9.53 Å². The number of carbonyl (C=O) groups is 1. The molecule has 0 bridgehead atoms. The molecular formula is C26H30N4O4. The molecule has 0 fully saturated rings. The fourth-order valence-electron chi connectivity index (χ4n) is 4.49. The minimum atomic E-state index is -0.675. The number of methoxy groups -OCH3 is 1. The molecule has 0 atom stereocenters. The molecule has 8 heteroatoms. The maximum atomic E-state index is 13.5. The number of H-pyrrole nitrogens is 1. The van der Waals surface area contributed by atoms with Gasteiger partial charge in [-0.1, -0.05) is 48.5 Å². The Hall–Kier alpha value is -3.65. The number of rotatable bonds is 9. The van der Waals surface area contributed by atoms with Crippen LogP contribution < -0.4 is 21.9 Å². The van der Waals surface area contributed by atoms with Crippen molar-refractivity contribution in [1.82, 2.24) is 9.55 Å². The third-order valence-corrected chi connectivity index (χ3v) is 6.22. The summed E-state index contributed by atoms with van der Waals surface area (Å²) in [6, 6.07) is 15.5. The maximum absolute atomic E-state index is 13.5. The first-order valence-corrected chi connectivity index (χ1v) is 11.5. The van der Waals surface area contributed by atoms with Crippen molar-refractivity contribution in [3.05, 3.63) is 91.6 Å². The zero-order valence-electron chi connectivity index (χ0n) is 19.4. The van der Waals surface area contributed by atoms with E-state index >= 15 is 0 Å². The van der Waals surface area contributed by atoms with Crippen LogP contribution in [0.5, 0.6) is 0 Å². The highest BCUT2D eigenvalue weighted by molar-refractivity contribution is 5.96. The van der Waals surface area contributed by atoms with Crippen molar-refractivity contribution in [2.45, 2.75) is 38.6 Å². The predicted octanol–water partition coefficient (Wildman–Crippen LogP) is 2.27. The zero-order valence-corrected chi connectivity index (χ0v) is 19.4. The fourth-order valence-corrected chi connectivity index (χ4v) is 4.49. The number of nitrogen functional groups attached to an aromatic ring is 1. The standard InChI is InChI=1S/C26H30N4O4/c1-34-14-6-13-29(22(31)16-19-11-12-20-9-5-10-21(20)15-19)23-24(27)30(26(33)28-25(23)32)17-18-7-3-2-4-8-18/h2-4,7-8,11-12,15H,5-6,9-10,13-14,16-17,27H2,1H3,(H,28,32,33). The van der Waals surface area contributed by atoms with Crippen molar-refractivity contribution in [3.63, 3.8) is 0 Å². The monoisotopic (exact) mass is 462 g/mol. The molecule has 1 aliphatic carbocycles. The number of aryl methyl sites for hydroxylation is 2. The van der Waals surface area contributed by atoms with Gasteiger partial charge in [0.25, 0.3) is 5.56 Å². The molecule has 34 heavy (non-hydrogen) atoms. The van der Waals surface area contributed by atoms with Gasteiger partial charge in [-0.25, -0.2) is 4.79 Å². The summed E-state index contributed by atoms with van der Waals surface area (Å²) in [4.78, 5) is 42.6. The predicted molar refractivity (Wildman–Crippen MR) is 132 cm³/mol. The van der Waals surface area contributed by atoms with Crippen LogP contribution in [0.4, 0.5) is 11.5 Å². The molecule has 178 valence electrons. The van der Waals surface area contributed by atoms with Crippen LogP contribution in [0.3, 0.4) is 0 Å². The Bertz CT molecular complexity index is 1280. The topological polar surface area (TPSA) is 110 Å². The number of benzene rings is 2. The van der Waals surface area contributed by atoms with E-state index < -0.39 is 11.2 Å². The molecule has 2 aromatic carbocycles. The quantitative estimate of drug-likeness (QED) is 0.474. The SMILES string of the molecule is COCCCN(C(=O)Cc1ccc2c(c1)CCC2)c1c(N)n(Cc2ccccc2)c(=O)[nH]c1=O. The smallest absolute Gasteiger partial charge is 0.330 e. The summed E-state index contributed by atoms with van der Waals surface area (Å²) in [7, 11) is 1.58. The second-order valence-corrected chi connectivity index (χ2v) is 8.59. The molecule has 0 saturated heterocycles. The Morgan fingerprint density at radius 2 is 1.85 bits per heavy atom. The number of hydrogen-bond donors (Lipinski definition) is 2. The summed E-state index contributed by atoms with van der Waals surface area (Å²) in [5.41, 5.74) is 9.44. The number of hydrogen-bond acceptors (Lipinski definition) is 5. The van der Waals surface area contributed by atoms with E-state index in [4.69, 9.17) is 10.5 Å². The van der Waals surface area contributed by atoms with Gasteiger partial charge in [-0.2, -0.15) is 0 Å². The average molecular weight is 463 g/mol. The summed E-state index contributed by atoms with van der Waals surface area (Å²) < 4.78 is 6.44. The molecule has 0 unspecified atom stereocenters. The maximum Gasteiger partial charge on any atom is 0.330 e. The van der Waals surface area contributed by atoms with Crippen LogP contribution in [-0.2, 0) is 35.3 Å². The molecule has 0 aliphatic heterocycles. The van der Waals surface area contributed by atoms with E-state index in [0.717, 1.165) is 30.4 Å². The number of ether oxygens (including phenoxy) is 1. The van der Waals surface area contributed by atoms with E-state index in [-0.39, 0.29) is 36.9 Å². The Labute approximate surface area is 198 Å². The highest BCUT2D eigenvalue weighted by atomic mass is 16.5. The molecule has 1 amide bonds. The van der Waals surface area contributed by atoms with E-state index in [1.807, 2.05) is 36.4 Å². The zero-order chi connectivity index (χ0) is 24.1. The van der Waals surface area contributed by atoms with Gasteiger partial charge in [-0.3, -0.25) is 19.1 Å². The van der Waals surface area contributed by atoms with Crippen molar-refractivity contribution >= 4 is 17.4 Å². The number of anilines is 2. The van der Waals surface area contributed by atoms with Crippen LogP contribution in [0, 0.1) is 0 Å². The number of carbonyl (C=O) groups excluding carboxylic acids is 1. The first-order chi connectivity index (χ1) is 16.5. The molecule has 0 spiro atoms. The number of fused-ring (bicyclic) bond motifs is 1. The highest BCUT2D eigenvalue weighted by Gasteiger charge is 2.25. The van der Waals surface area contributed by atoms with Gasteiger partial charge in [0, 0.05) is 20.3 Å². The van der Waals surface area contributed by atoms with Gasteiger partial charge in [0.1, 0.15) is 5.82 Å². The number of amides is 1. The molecule has 4 rings (SSSR count). The molecule has 8 nitrogen and oxygen atoms in total. The first kappa shape index (κ1) is 23.5. The van der Waals surface area contributed by atoms with Crippen molar-refractivity contribution in [3.8, 4) is 0 Å². The number of aromatic nitrogens is 2. The molecule has 0 saturated carbocycles. The van der Waals surface area contributed by atoms with Gasteiger partial charge in [0.2, 0.25) is 5.91 Å². The second kappa shape index (κ2) is 10.5. The molecule has 1 aliphatic rings. The van der Waals surface area contributed by atoms with Gasteiger partial charge in [-0.15, -0.1) is 0 Å². The van der Waals surface area contributed by atoms with Crippen LogP contribution in [0.15, 0.2) is 58.1 Å². The number of nitrogens with zero attached hydrogens (tertiary/aromatic N) is 2. The number of nitrogens with two attached hydrogens (primary N) is 1. The lowest BCUT2D eigenvalue weighted by molar-refractivity contribution is -0.118. The van der Waals surface area contributed by atoms with Gasteiger partial charge in [-0.05, 0) is 47.9 Å². The van der Waals surface area contributed by atoms with E-state index in [1.165, 1.54) is 20.6 Å².